The van der Waals surface area contributed by atoms with E-state index in [1.807, 2.05) is 0 Å². The maximum Gasteiger partial charge on any atom is 0.0928 e. The van der Waals surface area contributed by atoms with E-state index in [0.29, 0.717) is 0 Å². The summed E-state index contributed by atoms with van der Waals surface area (Å²) in [5, 5.41) is 15.4. The molecule has 3 nitrogen and oxygen atoms in total. The molecule has 0 aromatic rings. The van der Waals surface area contributed by atoms with Gasteiger partial charge in [0.25, 0.3) is 0 Å². The van der Waals surface area contributed by atoms with Crippen LogP contribution in [0.25, 0.3) is 0 Å². The van der Waals surface area contributed by atoms with Gasteiger partial charge in [-0.1, -0.05) is 0 Å². The average Bonchev–Trinajstić information content (AvgIpc) is 1.61. The summed E-state index contributed by atoms with van der Waals surface area (Å²) < 4.78 is 0. The molecule has 0 unspecified atom stereocenters. The molecule has 0 aliphatic heterocycles. The molecule has 0 fully saturated rings. The average molecular weight is 84.1 g/mol. The number of nitriles is 1. The van der Waals surface area contributed by atoms with E-state index in [2.05, 4.69) is 0 Å². The van der Waals surface area contributed by atoms with Crippen molar-refractivity contribution in [3.63, 3.8) is 0 Å². The summed E-state index contributed by atoms with van der Waals surface area (Å²) in [5.41, 5.74) is 1.67. The second-order valence-corrected chi connectivity index (χ2v) is 0.592. The third-order valence-corrected chi connectivity index (χ3v) is 0.232. The predicted octanol–water partition coefficient (Wildman–Crippen LogP) is 0.00248. The zero-order valence-corrected chi connectivity index (χ0v) is 3.05. The number of allylic oxidation sites excluding steroid dienone is 1. The minimum absolute atomic E-state index is 1.12. The lowest BCUT2D eigenvalue weighted by Gasteiger charge is -1.73. The van der Waals surface area contributed by atoms with Gasteiger partial charge in [0.2, 0.25) is 0 Å². The van der Waals surface area contributed by atoms with E-state index in [4.69, 9.17) is 10.5 Å². The summed E-state index contributed by atoms with van der Waals surface area (Å²) in [6.45, 7) is 0. The van der Waals surface area contributed by atoms with Crippen molar-refractivity contribution in [2.24, 2.45) is 0 Å². The molecule has 0 aromatic carbocycles. The zero-order valence-electron chi connectivity index (χ0n) is 3.05. The highest BCUT2D eigenvalue weighted by atomic mass is 16.5. The van der Waals surface area contributed by atoms with Crippen LogP contribution in [0.3, 0.4) is 0 Å². The predicted molar refractivity (Wildman–Crippen MR) is 19.7 cm³/mol. The van der Waals surface area contributed by atoms with Crippen LogP contribution in [0, 0.1) is 11.3 Å². The summed E-state index contributed by atoms with van der Waals surface area (Å²) in [6, 6.07) is 1.67. The Balaban J connectivity index is 3.02. The Morgan fingerprint density at radius 3 is 2.67 bits per heavy atom. The van der Waals surface area contributed by atoms with Crippen LogP contribution in [0.2, 0.25) is 0 Å². The zero-order chi connectivity index (χ0) is 4.83. The lowest BCUT2D eigenvalue weighted by molar-refractivity contribution is 0.214. The van der Waals surface area contributed by atoms with Gasteiger partial charge in [-0.3, -0.25) is 10.7 Å². The molecule has 0 aromatic heterocycles. The third kappa shape index (κ3) is 2.99. The van der Waals surface area contributed by atoms with Crippen molar-refractivity contribution in [3.05, 3.63) is 12.3 Å². The fourth-order valence-corrected chi connectivity index (χ4v) is 0.0745. The second kappa shape index (κ2) is 3.99. The Labute approximate surface area is 35.5 Å². The minimum Gasteiger partial charge on any atom is -0.292 e. The number of nitrogens with one attached hydrogen (secondary N) is 1. The highest BCUT2D eigenvalue weighted by Crippen LogP contribution is 1.54. The van der Waals surface area contributed by atoms with Gasteiger partial charge in [0.05, 0.1) is 6.07 Å². The van der Waals surface area contributed by atoms with E-state index in [-0.39, 0.29) is 0 Å². The van der Waals surface area contributed by atoms with Crippen LogP contribution in [-0.4, -0.2) is 5.21 Å². The Bertz CT molecular complexity index is 81.3. The quantitative estimate of drug-likeness (QED) is 0.347. The van der Waals surface area contributed by atoms with Crippen LogP contribution in [0.15, 0.2) is 12.3 Å². The monoisotopic (exact) mass is 84.0 g/mol. The molecule has 0 rings (SSSR count). The molecule has 0 heterocycles. The Morgan fingerprint density at radius 1 is 1.83 bits per heavy atom. The molecule has 0 amide bonds. The van der Waals surface area contributed by atoms with Crippen molar-refractivity contribution in [1.82, 2.24) is 5.48 Å². The van der Waals surface area contributed by atoms with Crippen LogP contribution in [0.4, 0.5) is 0 Å². The van der Waals surface area contributed by atoms with Crippen LogP contribution in [0.5, 0.6) is 0 Å². The van der Waals surface area contributed by atoms with Crippen LogP contribution >= 0.6 is 0 Å². The van der Waals surface area contributed by atoms with Crippen molar-refractivity contribution in [2.45, 2.75) is 0 Å². The van der Waals surface area contributed by atoms with Crippen molar-refractivity contribution >= 4 is 0 Å². The summed E-state index contributed by atoms with van der Waals surface area (Å²) >= 11 is 0. The van der Waals surface area contributed by atoms with Crippen molar-refractivity contribution in [1.29, 1.82) is 5.26 Å². The molecule has 0 atom stereocenters. The van der Waals surface area contributed by atoms with Gasteiger partial charge in [0, 0.05) is 12.3 Å². The van der Waals surface area contributed by atoms with Crippen molar-refractivity contribution < 1.29 is 5.21 Å². The fourth-order valence-electron chi connectivity index (χ4n) is 0.0745. The lowest BCUT2D eigenvalue weighted by atomic mass is 10.7. The summed E-state index contributed by atoms with van der Waals surface area (Å²) in [5.74, 6) is 0. The molecule has 32 valence electrons. The van der Waals surface area contributed by atoms with Crippen molar-refractivity contribution in [3.8, 4) is 6.07 Å². The van der Waals surface area contributed by atoms with Crippen LogP contribution in [0.1, 0.15) is 0 Å². The van der Waals surface area contributed by atoms with Gasteiger partial charge < -0.3 is 0 Å². The molecule has 2 N–H and O–H groups in total. The summed E-state index contributed by atoms with van der Waals surface area (Å²) in [4.78, 5) is 0. The first kappa shape index (κ1) is 4.99. The largest absolute Gasteiger partial charge is 0.292 e. The molecule has 0 aliphatic carbocycles. The molecule has 0 aliphatic rings. The smallest absolute Gasteiger partial charge is 0.0928 e. The van der Waals surface area contributed by atoms with Gasteiger partial charge in [0.1, 0.15) is 0 Å². The van der Waals surface area contributed by atoms with Gasteiger partial charge in [-0.15, -0.1) is 0 Å². The SMILES string of the molecule is N#C/C=C/NO. The number of hydroxylamine groups is 1. The maximum atomic E-state index is 7.71. The first-order valence-electron chi connectivity index (χ1n) is 1.36. The number of nitrogens with zero attached hydrogens (tertiary/aromatic N) is 1. The number of hydrogen-bond acceptors (Lipinski definition) is 3. The number of hydrogen-bond donors (Lipinski definition) is 2. The maximum absolute atomic E-state index is 7.71. The number of rotatable bonds is 1. The van der Waals surface area contributed by atoms with Gasteiger partial charge in [-0.25, -0.2) is 0 Å². The summed E-state index contributed by atoms with van der Waals surface area (Å²) in [6.07, 6.45) is 2.25. The third-order valence-electron chi connectivity index (χ3n) is 0.232. The summed E-state index contributed by atoms with van der Waals surface area (Å²) in [7, 11) is 0. The topological polar surface area (TPSA) is 56.0 Å². The van der Waals surface area contributed by atoms with E-state index in [1.165, 1.54) is 0 Å². The molecule has 0 saturated carbocycles. The normalized spacial score (nSPS) is 8.00. The van der Waals surface area contributed by atoms with E-state index >= 15 is 0 Å². The van der Waals surface area contributed by atoms with Crippen LogP contribution < -0.4 is 5.48 Å². The fraction of sp³-hybridized carbons (Fsp3) is 0. The van der Waals surface area contributed by atoms with Crippen molar-refractivity contribution in [2.75, 3.05) is 0 Å². The molecule has 0 spiro atoms. The van der Waals surface area contributed by atoms with Gasteiger partial charge >= 0.3 is 0 Å². The molecule has 0 bridgehead atoms. The Kier molecular flexibility index (Phi) is 3.32. The van der Waals surface area contributed by atoms with Gasteiger partial charge in [-0.2, -0.15) is 5.26 Å². The highest BCUT2D eigenvalue weighted by Gasteiger charge is 1.54. The molecule has 0 saturated heterocycles. The molecular formula is C3H4N2O. The molecule has 6 heavy (non-hydrogen) atoms. The van der Waals surface area contributed by atoms with Crippen LogP contribution in [-0.2, 0) is 0 Å². The molecule has 0 radical (unpaired) electrons. The Morgan fingerprint density at radius 2 is 2.50 bits per heavy atom. The van der Waals surface area contributed by atoms with E-state index in [9.17, 15) is 0 Å². The van der Waals surface area contributed by atoms with Gasteiger partial charge in [-0.05, 0) is 0 Å². The first-order chi connectivity index (χ1) is 2.91. The van der Waals surface area contributed by atoms with Gasteiger partial charge in [0.15, 0.2) is 0 Å². The molecular weight excluding hydrogens is 80.0 g/mol. The standard InChI is InChI=1S/C3H4N2O/c4-2-1-3-5-6/h1,3,5-6H/b3-1+. The molecule has 3 heteroatoms. The Hall–Kier alpha value is -1.01. The highest BCUT2D eigenvalue weighted by molar-refractivity contribution is 4.98. The first-order valence-corrected chi connectivity index (χ1v) is 1.36. The minimum atomic E-state index is 1.12. The second-order valence-electron chi connectivity index (χ2n) is 0.592. The van der Waals surface area contributed by atoms with E-state index < -0.39 is 0 Å². The lowest BCUT2D eigenvalue weighted by Crippen LogP contribution is -1.91. The van der Waals surface area contributed by atoms with E-state index in [1.54, 1.807) is 11.5 Å². The van der Waals surface area contributed by atoms with E-state index in [0.717, 1.165) is 12.3 Å².